The van der Waals surface area contributed by atoms with Crippen molar-refractivity contribution in [3.8, 4) is 22.6 Å². The molecule has 0 aliphatic carbocycles. The third-order valence-electron chi connectivity index (χ3n) is 4.08. The number of hydrogen-bond donors (Lipinski definition) is 3. The highest BCUT2D eigenvalue weighted by Crippen LogP contribution is 2.34. The molecule has 11 heteroatoms. The van der Waals surface area contributed by atoms with Crippen LogP contribution in [0.2, 0.25) is 15.2 Å². The van der Waals surface area contributed by atoms with Gasteiger partial charge in [-0.1, -0.05) is 34.8 Å². The Morgan fingerprint density at radius 3 is 2.53 bits per heavy atom. The zero-order valence-corrected chi connectivity index (χ0v) is 17.7. The van der Waals surface area contributed by atoms with Gasteiger partial charge in [0.1, 0.15) is 23.1 Å². The lowest BCUT2D eigenvalue weighted by molar-refractivity contribution is 1.01. The molecular weight excluding hydrogens is 447 g/mol. The predicted molar refractivity (Wildman–Crippen MR) is 119 cm³/mol. The maximum atomic E-state index is 6.43. The third kappa shape index (κ3) is 4.79. The number of H-pyrrole nitrogens is 1. The molecule has 0 atom stereocenters. The normalized spacial score (nSPS) is 10.8. The molecule has 0 aliphatic heterocycles. The van der Waals surface area contributed by atoms with Crippen LogP contribution in [0.1, 0.15) is 0 Å². The first kappa shape index (κ1) is 20.3. The number of halogens is 3. The van der Waals surface area contributed by atoms with Crippen molar-refractivity contribution >= 4 is 46.6 Å². The van der Waals surface area contributed by atoms with Gasteiger partial charge in [0.15, 0.2) is 0 Å². The second kappa shape index (κ2) is 9.25. The Balaban J connectivity index is 1.54. The van der Waals surface area contributed by atoms with Crippen molar-refractivity contribution in [2.75, 3.05) is 23.7 Å². The molecular formula is C19H15Cl3N8. The summed E-state index contributed by atoms with van der Waals surface area (Å²) in [5, 5.41) is 7.74. The number of benzene rings is 1. The number of rotatable bonds is 7. The van der Waals surface area contributed by atoms with E-state index in [1.165, 1.54) is 6.33 Å². The molecule has 0 amide bonds. The van der Waals surface area contributed by atoms with E-state index in [4.69, 9.17) is 34.8 Å². The van der Waals surface area contributed by atoms with Crippen LogP contribution in [0.15, 0.2) is 49.2 Å². The highest BCUT2D eigenvalue weighted by Gasteiger charge is 2.16. The van der Waals surface area contributed by atoms with Gasteiger partial charge in [0, 0.05) is 48.3 Å². The van der Waals surface area contributed by atoms with Crippen LogP contribution in [0.3, 0.4) is 0 Å². The molecule has 0 spiro atoms. The van der Waals surface area contributed by atoms with Crippen molar-refractivity contribution in [2.45, 2.75) is 0 Å². The van der Waals surface area contributed by atoms with Crippen LogP contribution in [0.25, 0.3) is 22.6 Å². The second-order valence-electron chi connectivity index (χ2n) is 6.10. The number of nitrogens with one attached hydrogen (secondary N) is 3. The number of hydrogen-bond acceptors (Lipinski definition) is 7. The van der Waals surface area contributed by atoms with Crippen molar-refractivity contribution in [3.05, 3.63) is 64.4 Å². The van der Waals surface area contributed by atoms with Crippen molar-refractivity contribution in [1.29, 1.82) is 0 Å². The van der Waals surface area contributed by atoms with E-state index in [1.807, 2.05) is 6.07 Å². The summed E-state index contributed by atoms with van der Waals surface area (Å²) in [5.41, 5.74) is 2.09. The van der Waals surface area contributed by atoms with E-state index in [9.17, 15) is 0 Å². The summed E-state index contributed by atoms with van der Waals surface area (Å²) in [6.45, 7) is 1.13. The summed E-state index contributed by atoms with van der Waals surface area (Å²) in [7, 11) is 0. The summed E-state index contributed by atoms with van der Waals surface area (Å²) < 4.78 is 0. The van der Waals surface area contributed by atoms with Crippen LogP contribution in [-0.2, 0) is 0 Å². The van der Waals surface area contributed by atoms with Gasteiger partial charge in [0.2, 0.25) is 5.95 Å². The van der Waals surface area contributed by atoms with Crippen molar-refractivity contribution in [1.82, 2.24) is 29.9 Å². The molecule has 3 N–H and O–H groups in total. The molecule has 8 nitrogen and oxygen atoms in total. The molecule has 0 aliphatic rings. The predicted octanol–water partition coefficient (Wildman–Crippen LogP) is 4.81. The topological polar surface area (TPSA) is 104 Å². The number of aromatic nitrogens is 6. The van der Waals surface area contributed by atoms with Gasteiger partial charge in [-0.3, -0.25) is 0 Å². The smallest absolute Gasteiger partial charge is 0.223 e. The molecule has 152 valence electrons. The van der Waals surface area contributed by atoms with Gasteiger partial charge in [-0.25, -0.2) is 24.9 Å². The summed E-state index contributed by atoms with van der Waals surface area (Å²) in [6, 6.07) is 6.91. The fourth-order valence-corrected chi connectivity index (χ4v) is 3.38. The van der Waals surface area contributed by atoms with E-state index < -0.39 is 0 Å². The van der Waals surface area contributed by atoms with Gasteiger partial charge in [-0.05, 0) is 18.2 Å². The van der Waals surface area contributed by atoms with E-state index in [0.29, 0.717) is 51.6 Å². The molecule has 0 bridgehead atoms. The number of anilines is 2. The Bertz CT molecular complexity index is 1150. The number of imidazole rings is 1. The first-order chi connectivity index (χ1) is 14.6. The Hall–Kier alpha value is -2.94. The summed E-state index contributed by atoms with van der Waals surface area (Å²) in [4.78, 5) is 24.4. The summed E-state index contributed by atoms with van der Waals surface area (Å²) >= 11 is 18.3. The SMILES string of the molecule is Clc1ccc(-c2nc(NCCNc3cc(Cl)ncn3)ncc2-c2ncc[nH]2)c(Cl)c1. The van der Waals surface area contributed by atoms with Crippen LogP contribution < -0.4 is 10.6 Å². The van der Waals surface area contributed by atoms with Crippen molar-refractivity contribution < 1.29 is 0 Å². The van der Waals surface area contributed by atoms with Gasteiger partial charge in [-0.2, -0.15) is 0 Å². The third-order valence-corrected chi connectivity index (χ3v) is 4.83. The lowest BCUT2D eigenvalue weighted by atomic mass is 10.1. The maximum absolute atomic E-state index is 6.43. The molecule has 0 radical (unpaired) electrons. The van der Waals surface area contributed by atoms with Gasteiger partial charge in [-0.15, -0.1) is 0 Å². The lowest BCUT2D eigenvalue weighted by Crippen LogP contribution is -2.16. The largest absolute Gasteiger partial charge is 0.368 e. The summed E-state index contributed by atoms with van der Waals surface area (Å²) in [5.74, 6) is 1.73. The van der Waals surface area contributed by atoms with Crippen molar-refractivity contribution in [2.24, 2.45) is 0 Å². The van der Waals surface area contributed by atoms with E-state index >= 15 is 0 Å². The fraction of sp³-hybridized carbons (Fsp3) is 0.105. The zero-order valence-electron chi connectivity index (χ0n) is 15.4. The standard InChI is InChI=1S/C19H15Cl3N8/c20-11-1-2-12(14(21)7-11)17-13(18-24-4-5-25-18)9-27-19(30-17)26-6-3-23-16-8-15(22)28-10-29-16/h1-2,4-5,7-10H,3,6H2,(H,24,25)(H,23,28,29)(H,26,27,30). The zero-order chi connectivity index (χ0) is 20.9. The van der Waals surface area contributed by atoms with Gasteiger partial charge >= 0.3 is 0 Å². The maximum Gasteiger partial charge on any atom is 0.223 e. The van der Waals surface area contributed by atoms with E-state index in [-0.39, 0.29) is 0 Å². The number of nitrogens with zero attached hydrogens (tertiary/aromatic N) is 5. The Morgan fingerprint density at radius 2 is 1.77 bits per heavy atom. The Kier molecular flexibility index (Phi) is 6.27. The van der Waals surface area contributed by atoms with Crippen LogP contribution in [0.4, 0.5) is 11.8 Å². The second-order valence-corrected chi connectivity index (χ2v) is 7.33. The highest BCUT2D eigenvalue weighted by atomic mass is 35.5. The minimum atomic E-state index is 0.377. The van der Waals surface area contributed by atoms with E-state index in [2.05, 4.69) is 40.5 Å². The Morgan fingerprint density at radius 1 is 0.900 bits per heavy atom. The monoisotopic (exact) mass is 460 g/mol. The molecule has 1 aromatic carbocycles. The molecule has 4 aromatic rings. The van der Waals surface area contributed by atoms with Crippen LogP contribution >= 0.6 is 34.8 Å². The van der Waals surface area contributed by atoms with Gasteiger partial charge in [0.25, 0.3) is 0 Å². The molecule has 30 heavy (non-hydrogen) atoms. The quantitative estimate of drug-likeness (QED) is 0.268. The first-order valence-corrected chi connectivity index (χ1v) is 10.0. The molecule has 0 saturated heterocycles. The first-order valence-electron chi connectivity index (χ1n) is 8.87. The molecule has 0 fully saturated rings. The van der Waals surface area contributed by atoms with Crippen LogP contribution in [-0.4, -0.2) is 43.0 Å². The van der Waals surface area contributed by atoms with Gasteiger partial charge in [0.05, 0.1) is 16.3 Å². The molecule has 3 aromatic heterocycles. The van der Waals surface area contributed by atoms with Gasteiger partial charge < -0.3 is 15.6 Å². The fourth-order valence-electron chi connectivity index (χ4n) is 2.73. The minimum absolute atomic E-state index is 0.377. The minimum Gasteiger partial charge on any atom is -0.368 e. The van der Waals surface area contributed by atoms with Crippen molar-refractivity contribution in [3.63, 3.8) is 0 Å². The molecule has 4 rings (SSSR count). The van der Waals surface area contributed by atoms with Crippen LogP contribution in [0.5, 0.6) is 0 Å². The molecule has 0 saturated carbocycles. The highest BCUT2D eigenvalue weighted by molar-refractivity contribution is 6.36. The average molecular weight is 462 g/mol. The average Bonchev–Trinajstić information content (AvgIpc) is 3.26. The van der Waals surface area contributed by atoms with E-state index in [0.717, 1.165) is 11.1 Å². The molecule has 0 unspecified atom stereocenters. The lowest BCUT2D eigenvalue weighted by Gasteiger charge is -2.12. The van der Waals surface area contributed by atoms with E-state index in [1.54, 1.807) is 36.8 Å². The number of aromatic amines is 1. The summed E-state index contributed by atoms with van der Waals surface area (Å²) in [6.07, 6.45) is 6.50. The van der Waals surface area contributed by atoms with Crippen LogP contribution in [0, 0.1) is 0 Å². The molecule has 3 heterocycles. The Labute approximate surface area is 187 Å².